The third kappa shape index (κ3) is 4.65. The highest BCUT2D eigenvalue weighted by Gasteiger charge is 2.13. The van der Waals surface area contributed by atoms with Gasteiger partial charge in [0, 0.05) is 37.5 Å². The van der Waals surface area contributed by atoms with E-state index in [2.05, 4.69) is 31.2 Å². The smallest absolute Gasteiger partial charge is 0.319 e. The molecule has 3 rings (SSSR count). The number of rotatable bonds is 7. The normalized spacial score (nSPS) is 11.8. The van der Waals surface area contributed by atoms with E-state index in [-0.39, 0.29) is 12.8 Å². The van der Waals surface area contributed by atoms with Gasteiger partial charge < -0.3 is 30.7 Å². The second-order valence-corrected chi connectivity index (χ2v) is 5.59. The summed E-state index contributed by atoms with van der Waals surface area (Å²) in [5.74, 6) is 3.47. The first-order chi connectivity index (χ1) is 12.6. The Labute approximate surface area is 151 Å². The van der Waals surface area contributed by atoms with Crippen LogP contribution in [0.15, 0.2) is 24.3 Å². The van der Waals surface area contributed by atoms with E-state index in [0.717, 1.165) is 12.4 Å². The van der Waals surface area contributed by atoms with Crippen molar-refractivity contribution in [3.63, 3.8) is 0 Å². The number of aryl methyl sites for hydroxylation is 1. The zero-order chi connectivity index (χ0) is 18.4. The molecule has 9 heteroatoms. The van der Waals surface area contributed by atoms with Crippen LogP contribution in [0.3, 0.4) is 0 Å². The van der Waals surface area contributed by atoms with Crippen LogP contribution < -0.4 is 30.7 Å². The van der Waals surface area contributed by atoms with Crippen LogP contribution in [-0.2, 0) is 0 Å². The minimum atomic E-state index is -0.294. The Hall–Kier alpha value is -3.23. The molecule has 138 valence electrons. The molecule has 9 nitrogen and oxygen atoms in total. The summed E-state index contributed by atoms with van der Waals surface area (Å²) in [6.45, 7) is 5.81. The van der Waals surface area contributed by atoms with Crippen LogP contribution in [0.1, 0.15) is 12.7 Å². The van der Waals surface area contributed by atoms with Gasteiger partial charge in [-0.2, -0.15) is 0 Å². The molecule has 0 saturated heterocycles. The fraction of sp³-hybridized carbons (Fsp3) is 0.353. The SMILES string of the molecule is CCNc1cc(NCCNC(=O)Nc2ccc3c(c2)OCO3)nc(C)n1. The van der Waals surface area contributed by atoms with E-state index in [1.807, 2.05) is 19.9 Å². The second-order valence-electron chi connectivity index (χ2n) is 5.59. The Balaban J connectivity index is 1.43. The summed E-state index contributed by atoms with van der Waals surface area (Å²) in [7, 11) is 0. The second kappa shape index (κ2) is 8.24. The number of nitrogens with one attached hydrogen (secondary N) is 4. The summed E-state index contributed by atoms with van der Waals surface area (Å²) in [5, 5.41) is 11.9. The van der Waals surface area contributed by atoms with E-state index in [4.69, 9.17) is 9.47 Å². The Bertz CT molecular complexity index is 783. The van der Waals surface area contributed by atoms with Crippen molar-refractivity contribution in [3.05, 3.63) is 30.1 Å². The summed E-state index contributed by atoms with van der Waals surface area (Å²) >= 11 is 0. The summed E-state index contributed by atoms with van der Waals surface area (Å²) in [6, 6.07) is 6.80. The van der Waals surface area contributed by atoms with Crippen LogP contribution in [0, 0.1) is 6.92 Å². The van der Waals surface area contributed by atoms with Crippen molar-refractivity contribution in [1.82, 2.24) is 15.3 Å². The zero-order valence-electron chi connectivity index (χ0n) is 14.8. The molecule has 0 unspecified atom stereocenters. The molecule has 0 bridgehead atoms. The summed E-state index contributed by atoms with van der Waals surface area (Å²) in [6.07, 6.45) is 0. The molecule has 1 aliphatic heterocycles. The predicted molar refractivity (Wildman–Crippen MR) is 99.0 cm³/mol. The minimum absolute atomic E-state index is 0.203. The average Bonchev–Trinajstić information content (AvgIpc) is 3.06. The summed E-state index contributed by atoms with van der Waals surface area (Å²) < 4.78 is 10.5. The minimum Gasteiger partial charge on any atom is -0.454 e. The number of urea groups is 1. The van der Waals surface area contributed by atoms with E-state index in [0.29, 0.717) is 41.9 Å². The maximum absolute atomic E-state index is 12.0. The molecule has 1 aromatic carbocycles. The first-order valence-electron chi connectivity index (χ1n) is 8.42. The van der Waals surface area contributed by atoms with Gasteiger partial charge in [-0.15, -0.1) is 0 Å². The number of carbonyl (C=O) groups excluding carboxylic acids is 1. The topological polar surface area (TPSA) is 109 Å². The standard InChI is InChI=1S/C17H22N6O3/c1-3-18-15-9-16(22-11(2)21-15)19-6-7-20-17(24)23-12-4-5-13-14(8-12)26-10-25-13/h4-5,8-9H,3,6-7,10H2,1-2H3,(H2,20,23,24)(H2,18,19,21,22). The Kier molecular flexibility index (Phi) is 5.57. The highest BCUT2D eigenvalue weighted by molar-refractivity contribution is 5.89. The van der Waals surface area contributed by atoms with Gasteiger partial charge in [0.15, 0.2) is 11.5 Å². The number of hydrogen-bond acceptors (Lipinski definition) is 7. The lowest BCUT2D eigenvalue weighted by Crippen LogP contribution is -2.32. The van der Waals surface area contributed by atoms with Gasteiger partial charge in [-0.05, 0) is 26.0 Å². The number of carbonyl (C=O) groups is 1. The fourth-order valence-electron chi connectivity index (χ4n) is 2.45. The lowest BCUT2D eigenvalue weighted by atomic mass is 10.3. The fourth-order valence-corrected chi connectivity index (χ4v) is 2.45. The van der Waals surface area contributed by atoms with Gasteiger partial charge in [0.05, 0.1) is 0 Å². The van der Waals surface area contributed by atoms with E-state index < -0.39 is 0 Å². The van der Waals surface area contributed by atoms with Gasteiger partial charge in [-0.25, -0.2) is 14.8 Å². The van der Waals surface area contributed by atoms with Crippen LogP contribution in [0.4, 0.5) is 22.1 Å². The van der Waals surface area contributed by atoms with Crippen molar-refractivity contribution in [2.75, 3.05) is 42.4 Å². The quantitative estimate of drug-likeness (QED) is 0.562. The van der Waals surface area contributed by atoms with Gasteiger partial charge in [0.1, 0.15) is 17.5 Å². The van der Waals surface area contributed by atoms with Crippen LogP contribution in [0.25, 0.3) is 0 Å². The van der Waals surface area contributed by atoms with Gasteiger partial charge >= 0.3 is 6.03 Å². The number of anilines is 3. The van der Waals surface area contributed by atoms with Crippen molar-refractivity contribution in [2.24, 2.45) is 0 Å². The molecule has 0 atom stereocenters. The van der Waals surface area contributed by atoms with Gasteiger partial charge in [0.25, 0.3) is 0 Å². The van der Waals surface area contributed by atoms with Crippen LogP contribution in [0.5, 0.6) is 11.5 Å². The molecular weight excluding hydrogens is 336 g/mol. The first kappa shape index (κ1) is 17.6. The number of aromatic nitrogens is 2. The molecule has 2 aromatic rings. The van der Waals surface area contributed by atoms with E-state index in [9.17, 15) is 4.79 Å². The molecule has 2 heterocycles. The number of fused-ring (bicyclic) bond motifs is 1. The van der Waals surface area contributed by atoms with E-state index >= 15 is 0 Å². The highest BCUT2D eigenvalue weighted by atomic mass is 16.7. The van der Waals surface area contributed by atoms with Crippen molar-refractivity contribution in [3.8, 4) is 11.5 Å². The van der Waals surface area contributed by atoms with Gasteiger partial charge in [0.2, 0.25) is 6.79 Å². The van der Waals surface area contributed by atoms with Crippen LogP contribution >= 0.6 is 0 Å². The maximum atomic E-state index is 12.0. The largest absolute Gasteiger partial charge is 0.454 e. The van der Waals surface area contributed by atoms with E-state index in [1.165, 1.54) is 0 Å². The first-order valence-corrected chi connectivity index (χ1v) is 8.42. The van der Waals surface area contributed by atoms with Gasteiger partial charge in [-0.3, -0.25) is 0 Å². The highest BCUT2D eigenvalue weighted by Crippen LogP contribution is 2.34. The molecule has 1 aromatic heterocycles. The van der Waals surface area contributed by atoms with Crippen LogP contribution in [-0.4, -0.2) is 42.4 Å². The molecule has 1 aliphatic rings. The number of amides is 2. The monoisotopic (exact) mass is 358 g/mol. The molecule has 4 N–H and O–H groups in total. The summed E-state index contributed by atoms with van der Waals surface area (Å²) in [5.41, 5.74) is 0.640. The number of nitrogens with zero attached hydrogens (tertiary/aromatic N) is 2. The Morgan fingerprint density at radius 1 is 1.08 bits per heavy atom. The molecule has 26 heavy (non-hydrogen) atoms. The van der Waals surface area contributed by atoms with Gasteiger partial charge in [-0.1, -0.05) is 0 Å². The van der Waals surface area contributed by atoms with Crippen molar-refractivity contribution >= 4 is 23.4 Å². The van der Waals surface area contributed by atoms with Crippen molar-refractivity contribution < 1.29 is 14.3 Å². The molecule has 0 saturated carbocycles. The van der Waals surface area contributed by atoms with Crippen molar-refractivity contribution in [2.45, 2.75) is 13.8 Å². The van der Waals surface area contributed by atoms with Crippen molar-refractivity contribution in [1.29, 1.82) is 0 Å². The predicted octanol–water partition coefficient (Wildman–Crippen LogP) is 2.18. The molecule has 0 aliphatic carbocycles. The van der Waals surface area contributed by atoms with Crippen LogP contribution in [0.2, 0.25) is 0 Å². The molecule has 0 spiro atoms. The lowest BCUT2D eigenvalue weighted by molar-refractivity contribution is 0.174. The zero-order valence-corrected chi connectivity index (χ0v) is 14.8. The Morgan fingerprint density at radius 2 is 1.85 bits per heavy atom. The average molecular weight is 358 g/mol. The third-order valence-corrected chi connectivity index (χ3v) is 3.54. The summed E-state index contributed by atoms with van der Waals surface area (Å²) in [4.78, 5) is 20.6. The molecular formula is C17H22N6O3. The molecule has 0 fully saturated rings. The number of hydrogen-bond donors (Lipinski definition) is 4. The molecule has 2 amide bonds. The molecule has 0 radical (unpaired) electrons. The number of benzene rings is 1. The number of ether oxygens (including phenoxy) is 2. The third-order valence-electron chi connectivity index (χ3n) is 3.54. The Morgan fingerprint density at radius 3 is 2.65 bits per heavy atom. The lowest BCUT2D eigenvalue weighted by Gasteiger charge is -2.11. The maximum Gasteiger partial charge on any atom is 0.319 e. The van der Waals surface area contributed by atoms with E-state index in [1.54, 1.807) is 18.2 Å².